The zero-order chi connectivity index (χ0) is 18.2. The van der Waals surface area contributed by atoms with E-state index < -0.39 is 22.9 Å². The van der Waals surface area contributed by atoms with E-state index in [0.717, 1.165) is 0 Å². The molecule has 2 rings (SSSR count). The summed E-state index contributed by atoms with van der Waals surface area (Å²) in [4.78, 5) is 35.6. The molecular formula is C19H19NO5. The lowest BCUT2D eigenvalue weighted by Crippen LogP contribution is -2.38. The quantitative estimate of drug-likeness (QED) is 0.318. The summed E-state index contributed by atoms with van der Waals surface area (Å²) in [5, 5.41) is 11.5. The van der Waals surface area contributed by atoms with Crippen LogP contribution in [0.15, 0.2) is 60.7 Å². The number of ether oxygens (including phenoxy) is 1. The predicted molar refractivity (Wildman–Crippen MR) is 92.0 cm³/mol. The number of Topliss-reactive ketones (excluding diaryl/α,β-unsaturated/α-hetero) is 1. The number of esters is 1. The largest absolute Gasteiger partial charge is 0.461 e. The molecule has 0 aliphatic rings. The third-order valence-corrected chi connectivity index (χ3v) is 3.87. The smallest absolute Gasteiger partial charge is 0.382 e. The number of ketones is 1. The highest BCUT2D eigenvalue weighted by molar-refractivity contribution is 5.97. The van der Waals surface area contributed by atoms with Crippen molar-refractivity contribution in [2.45, 2.75) is 25.3 Å². The number of hydrogen-bond donors (Lipinski definition) is 0. The van der Waals surface area contributed by atoms with E-state index in [1.165, 1.54) is 0 Å². The first kappa shape index (κ1) is 18.3. The molecule has 0 aliphatic carbocycles. The fourth-order valence-electron chi connectivity index (χ4n) is 2.68. The van der Waals surface area contributed by atoms with Crippen LogP contribution in [0.5, 0.6) is 0 Å². The van der Waals surface area contributed by atoms with E-state index in [1.54, 1.807) is 67.6 Å². The summed E-state index contributed by atoms with van der Waals surface area (Å²) in [6.45, 7) is 1.62. The van der Waals surface area contributed by atoms with Crippen molar-refractivity contribution in [1.29, 1.82) is 0 Å². The van der Waals surface area contributed by atoms with Crippen LogP contribution in [-0.2, 0) is 9.53 Å². The van der Waals surface area contributed by atoms with E-state index in [9.17, 15) is 19.7 Å². The van der Waals surface area contributed by atoms with Crippen LogP contribution in [0.25, 0.3) is 0 Å². The number of nitrogens with zero attached hydrogens (tertiary/aromatic N) is 1. The number of hydrogen-bond acceptors (Lipinski definition) is 5. The minimum absolute atomic E-state index is 0.0390. The second-order valence-electron chi connectivity index (χ2n) is 5.49. The SMILES string of the molecule is CCOC(=O)[C@H]([C@H](CC(=O)c1ccccc1)c1ccccc1)[N+](=O)[O-]. The van der Waals surface area contributed by atoms with Crippen molar-refractivity contribution in [3.63, 3.8) is 0 Å². The number of nitro groups is 1. The van der Waals surface area contributed by atoms with Crippen molar-refractivity contribution in [2.24, 2.45) is 0 Å². The van der Waals surface area contributed by atoms with Crippen molar-refractivity contribution in [3.8, 4) is 0 Å². The van der Waals surface area contributed by atoms with Crippen LogP contribution < -0.4 is 0 Å². The molecule has 6 heteroatoms. The summed E-state index contributed by atoms with van der Waals surface area (Å²) in [5.74, 6) is -2.09. The Balaban J connectivity index is 2.37. The Labute approximate surface area is 145 Å². The Morgan fingerprint density at radius 2 is 1.60 bits per heavy atom. The Morgan fingerprint density at radius 3 is 2.12 bits per heavy atom. The molecule has 0 heterocycles. The summed E-state index contributed by atoms with van der Waals surface area (Å²) in [7, 11) is 0. The number of benzene rings is 2. The number of carbonyl (C=O) groups is 2. The third kappa shape index (κ3) is 4.73. The molecule has 0 aliphatic heterocycles. The first-order chi connectivity index (χ1) is 12.0. The lowest BCUT2D eigenvalue weighted by molar-refractivity contribution is -0.514. The van der Waals surface area contributed by atoms with Gasteiger partial charge in [-0.05, 0) is 12.5 Å². The highest BCUT2D eigenvalue weighted by Gasteiger charge is 2.42. The maximum atomic E-state index is 12.6. The van der Waals surface area contributed by atoms with Crippen LogP contribution in [0, 0.1) is 10.1 Å². The Morgan fingerprint density at radius 1 is 1.04 bits per heavy atom. The van der Waals surface area contributed by atoms with Crippen LogP contribution >= 0.6 is 0 Å². The molecule has 0 N–H and O–H groups in total. The van der Waals surface area contributed by atoms with E-state index in [2.05, 4.69) is 0 Å². The summed E-state index contributed by atoms with van der Waals surface area (Å²) in [6.07, 6.45) is -0.154. The van der Waals surface area contributed by atoms with Gasteiger partial charge in [-0.25, -0.2) is 4.79 Å². The lowest BCUT2D eigenvalue weighted by atomic mass is 9.86. The highest BCUT2D eigenvalue weighted by Crippen LogP contribution is 2.28. The van der Waals surface area contributed by atoms with Crippen molar-refractivity contribution in [2.75, 3.05) is 6.61 Å². The van der Waals surface area contributed by atoms with Crippen molar-refractivity contribution in [3.05, 3.63) is 81.9 Å². The molecule has 0 bridgehead atoms. The van der Waals surface area contributed by atoms with Crippen molar-refractivity contribution in [1.82, 2.24) is 0 Å². The highest BCUT2D eigenvalue weighted by atomic mass is 16.6. The Bertz CT molecular complexity index is 730. The second-order valence-corrected chi connectivity index (χ2v) is 5.49. The molecule has 0 aromatic heterocycles. The van der Waals surface area contributed by atoms with E-state index in [-0.39, 0.29) is 18.8 Å². The topological polar surface area (TPSA) is 86.5 Å². The number of rotatable bonds is 8. The molecule has 0 fully saturated rings. The van der Waals surface area contributed by atoms with Gasteiger partial charge in [0.05, 0.1) is 12.5 Å². The average molecular weight is 341 g/mol. The van der Waals surface area contributed by atoms with E-state index in [0.29, 0.717) is 11.1 Å². The molecule has 2 atom stereocenters. The minimum Gasteiger partial charge on any atom is -0.461 e. The molecule has 25 heavy (non-hydrogen) atoms. The fourth-order valence-corrected chi connectivity index (χ4v) is 2.68. The normalized spacial score (nSPS) is 12.8. The van der Waals surface area contributed by atoms with Crippen LogP contribution in [-0.4, -0.2) is 29.3 Å². The van der Waals surface area contributed by atoms with Gasteiger partial charge in [0.25, 0.3) is 0 Å². The number of carbonyl (C=O) groups excluding carboxylic acids is 2. The fraction of sp³-hybridized carbons (Fsp3) is 0.263. The molecular weight excluding hydrogens is 322 g/mol. The van der Waals surface area contributed by atoms with Gasteiger partial charge in [-0.3, -0.25) is 14.9 Å². The summed E-state index contributed by atoms with van der Waals surface area (Å²) in [5.41, 5.74) is 1.01. The van der Waals surface area contributed by atoms with Gasteiger partial charge in [0.15, 0.2) is 5.78 Å². The molecule has 0 saturated carbocycles. The van der Waals surface area contributed by atoms with Gasteiger partial charge in [0.1, 0.15) is 0 Å². The van der Waals surface area contributed by atoms with Crippen molar-refractivity contribution >= 4 is 11.8 Å². The molecule has 0 saturated heterocycles. The molecule has 2 aromatic rings. The van der Waals surface area contributed by atoms with Gasteiger partial charge >= 0.3 is 12.0 Å². The van der Waals surface area contributed by atoms with Gasteiger partial charge in [0, 0.05) is 16.9 Å². The van der Waals surface area contributed by atoms with Crippen LogP contribution in [0.3, 0.4) is 0 Å². The Hall–Kier alpha value is -3.02. The molecule has 0 amide bonds. The van der Waals surface area contributed by atoms with Gasteiger partial charge < -0.3 is 4.74 Å². The van der Waals surface area contributed by atoms with E-state index in [4.69, 9.17) is 4.74 Å². The summed E-state index contributed by atoms with van der Waals surface area (Å²) >= 11 is 0. The maximum Gasteiger partial charge on any atom is 0.382 e. The Kier molecular flexibility index (Phi) is 6.39. The first-order valence-corrected chi connectivity index (χ1v) is 7.98. The minimum atomic E-state index is -1.63. The standard InChI is InChI=1S/C19H19NO5/c1-2-25-19(22)18(20(23)24)16(14-9-5-3-6-10-14)13-17(21)15-11-7-4-8-12-15/h3-12,16,18H,2,13H2,1H3/t16-,18+/m1/s1. The summed E-state index contributed by atoms with van der Waals surface area (Å²) in [6, 6.07) is 15.5. The molecule has 0 radical (unpaired) electrons. The maximum absolute atomic E-state index is 12.6. The molecule has 0 spiro atoms. The van der Waals surface area contributed by atoms with Gasteiger partial charge in [0.2, 0.25) is 0 Å². The van der Waals surface area contributed by atoms with Crippen LogP contribution in [0.4, 0.5) is 0 Å². The summed E-state index contributed by atoms with van der Waals surface area (Å²) < 4.78 is 4.86. The monoisotopic (exact) mass is 341 g/mol. The van der Waals surface area contributed by atoms with Gasteiger partial charge in [-0.2, -0.15) is 0 Å². The molecule has 130 valence electrons. The van der Waals surface area contributed by atoms with Crippen LogP contribution in [0.2, 0.25) is 0 Å². The molecule has 6 nitrogen and oxygen atoms in total. The first-order valence-electron chi connectivity index (χ1n) is 7.98. The third-order valence-electron chi connectivity index (χ3n) is 3.87. The lowest BCUT2D eigenvalue weighted by Gasteiger charge is -2.19. The van der Waals surface area contributed by atoms with Gasteiger partial charge in [-0.1, -0.05) is 60.7 Å². The van der Waals surface area contributed by atoms with E-state index in [1.807, 2.05) is 0 Å². The van der Waals surface area contributed by atoms with Crippen LogP contribution in [0.1, 0.15) is 35.2 Å². The zero-order valence-electron chi connectivity index (χ0n) is 13.8. The second kappa shape index (κ2) is 8.73. The van der Waals surface area contributed by atoms with Gasteiger partial charge in [-0.15, -0.1) is 0 Å². The molecule has 2 aromatic carbocycles. The predicted octanol–water partition coefficient (Wildman–Crippen LogP) is 3.25. The van der Waals surface area contributed by atoms with Crippen molar-refractivity contribution < 1.29 is 19.2 Å². The molecule has 0 unspecified atom stereocenters. The average Bonchev–Trinajstić information content (AvgIpc) is 2.62. The zero-order valence-corrected chi connectivity index (χ0v) is 13.8. The van der Waals surface area contributed by atoms with E-state index >= 15 is 0 Å².